The second kappa shape index (κ2) is 6.08. The molecule has 0 spiro atoms. The number of thiocarbonyl (C=S) groups is 1. The van der Waals surface area contributed by atoms with E-state index in [1.165, 1.54) is 12.1 Å². The first-order valence-corrected chi connectivity index (χ1v) is 6.79. The maximum atomic E-state index is 12.5. The molecule has 1 aromatic carbocycles. The largest absolute Gasteiger partial charge is 0.416 e. The molecule has 20 heavy (non-hydrogen) atoms. The van der Waals surface area contributed by atoms with Crippen molar-refractivity contribution in [3.8, 4) is 0 Å². The number of hydrogen-bond acceptors (Lipinski definition) is 1. The van der Waals surface area contributed by atoms with E-state index in [0.717, 1.165) is 28.1 Å². The number of rotatable bonds is 4. The summed E-state index contributed by atoms with van der Waals surface area (Å²) in [4.78, 5) is 0.815. The molecule has 0 aliphatic carbocycles. The van der Waals surface area contributed by atoms with E-state index in [9.17, 15) is 13.2 Å². The molecule has 0 unspecified atom stereocenters. The van der Waals surface area contributed by atoms with Gasteiger partial charge in [0, 0.05) is 4.86 Å². The van der Waals surface area contributed by atoms with Gasteiger partial charge in [0.1, 0.15) is 0 Å². The van der Waals surface area contributed by atoms with Crippen molar-refractivity contribution in [2.75, 3.05) is 0 Å². The van der Waals surface area contributed by atoms with Gasteiger partial charge in [-0.1, -0.05) is 43.8 Å². The van der Waals surface area contributed by atoms with Crippen LogP contribution in [0, 0.1) is 0 Å². The monoisotopic (exact) mass is 300 g/mol. The lowest BCUT2D eigenvalue weighted by molar-refractivity contribution is -0.137. The van der Waals surface area contributed by atoms with Gasteiger partial charge < -0.3 is 0 Å². The van der Waals surface area contributed by atoms with Crippen molar-refractivity contribution in [2.24, 2.45) is 0 Å². The number of hydrogen-bond donors (Lipinski definition) is 0. The Kier molecular flexibility index (Phi) is 5.14. The standard InChI is InChI=1S/C16H19F3S/c1-11(2)9-14(20)10-15(3,4)12-5-7-13(8-6-12)16(17,18)19/h5-9H,10H2,1-4H3. The lowest BCUT2D eigenvalue weighted by Gasteiger charge is -2.25. The average Bonchev–Trinajstić information content (AvgIpc) is 2.26. The van der Waals surface area contributed by atoms with Crippen LogP contribution in [-0.2, 0) is 11.6 Å². The van der Waals surface area contributed by atoms with Gasteiger partial charge in [0.15, 0.2) is 0 Å². The predicted molar refractivity (Wildman–Crippen MR) is 81.1 cm³/mol. The molecule has 0 aliphatic rings. The molecule has 0 aliphatic heterocycles. The van der Waals surface area contributed by atoms with Crippen molar-refractivity contribution < 1.29 is 13.2 Å². The fourth-order valence-corrected chi connectivity index (χ4v) is 2.62. The highest BCUT2D eigenvalue weighted by molar-refractivity contribution is 7.80. The van der Waals surface area contributed by atoms with Crippen LogP contribution in [0.15, 0.2) is 35.9 Å². The van der Waals surface area contributed by atoms with Crippen LogP contribution >= 0.6 is 12.2 Å². The number of allylic oxidation sites excluding steroid dienone is 2. The average molecular weight is 300 g/mol. The molecule has 0 radical (unpaired) electrons. The normalized spacial score (nSPS) is 12.2. The first-order chi connectivity index (χ1) is 9.02. The molecule has 0 N–H and O–H groups in total. The van der Waals surface area contributed by atoms with Gasteiger partial charge in [-0.05, 0) is 49.5 Å². The second-order valence-corrected chi connectivity index (χ2v) is 6.35. The molecule has 0 fully saturated rings. The molecule has 1 rings (SSSR count). The zero-order chi connectivity index (χ0) is 15.6. The van der Waals surface area contributed by atoms with Crippen LogP contribution in [0.3, 0.4) is 0 Å². The minimum atomic E-state index is -4.29. The highest BCUT2D eigenvalue weighted by Crippen LogP contribution is 2.33. The van der Waals surface area contributed by atoms with Gasteiger partial charge in [-0.15, -0.1) is 0 Å². The smallest absolute Gasteiger partial charge is 0.166 e. The van der Waals surface area contributed by atoms with E-state index < -0.39 is 11.7 Å². The van der Waals surface area contributed by atoms with E-state index in [4.69, 9.17) is 12.2 Å². The Balaban J connectivity index is 2.93. The summed E-state index contributed by atoms with van der Waals surface area (Å²) in [6, 6.07) is 5.32. The number of halogens is 3. The molecule has 0 saturated carbocycles. The van der Waals surface area contributed by atoms with Crippen LogP contribution < -0.4 is 0 Å². The molecule has 0 nitrogen and oxygen atoms in total. The van der Waals surface area contributed by atoms with Gasteiger partial charge >= 0.3 is 6.18 Å². The van der Waals surface area contributed by atoms with E-state index in [1.54, 1.807) is 0 Å². The van der Waals surface area contributed by atoms with Crippen LogP contribution in [0.5, 0.6) is 0 Å². The Bertz CT molecular complexity index is 504. The van der Waals surface area contributed by atoms with Crippen LogP contribution in [0.2, 0.25) is 0 Å². The van der Waals surface area contributed by atoms with Crippen LogP contribution in [0.25, 0.3) is 0 Å². The summed E-state index contributed by atoms with van der Waals surface area (Å²) in [5, 5.41) is 0. The van der Waals surface area contributed by atoms with Gasteiger partial charge in [0.05, 0.1) is 5.56 Å². The maximum Gasteiger partial charge on any atom is 0.416 e. The lowest BCUT2D eigenvalue weighted by atomic mass is 9.80. The zero-order valence-corrected chi connectivity index (χ0v) is 13.0. The Hall–Kier alpha value is -1.16. The molecule has 4 heteroatoms. The summed E-state index contributed by atoms with van der Waals surface area (Å²) < 4.78 is 37.6. The minimum Gasteiger partial charge on any atom is -0.166 e. The molecule has 0 heterocycles. The molecule has 0 aromatic heterocycles. The third-order valence-corrected chi connectivity index (χ3v) is 3.32. The summed E-state index contributed by atoms with van der Waals surface area (Å²) in [5.41, 5.74) is 1.07. The third-order valence-electron chi connectivity index (χ3n) is 3.06. The Morgan fingerprint density at radius 2 is 1.50 bits per heavy atom. The maximum absolute atomic E-state index is 12.5. The van der Waals surface area contributed by atoms with Crippen molar-refractivity contribution in [3.63, 3.8) is 0 Å². The van der Waals surface area contributed by atoms with Gasteiger partial charge in [0.2, 0.25) is 0 Å². The van der Waals surface area contributed by atoms with Crippen molar-refractivity contribution in [1.82, 2.24) is 0 Å². The fourth-order valence-electron chi connectivity index (χ4n) is 2.02. The van der Waals surface area contributed by atoms with Gasteiger partial charge in [0.25, 0.3) is 0 Å². The molecule has 0 saturated heterocycles. The Labute approximate surface area is 123 Å². The summed E-state index contributed by atoms with van der Waals surface area (Å²) in [6.07, 6.45) is -1.72. The zero-order valence-electron chi connectivity index (χ0n) is 12.1. The van der Waals surface area contributed by atoms with E-state index in [1.807, 2.05) is 33.8 Å². The Morgan fingerprint density at radius 1 is 1.05 bits per heavy atom. The quantitative estimate of drug-likeness (QED) is 0.507. The molecular weight excluding hydrogens is 281 g/mol. The molecule has 0 atom stereocenters. The van der Waals surface area contributed by atoms with Gasteiger partial charge in [-0.2, -0.15) is 13.2 Å². The summed E-state index contributed by atoms with van der Waals surface area (Å²) in [7, 11) is 0. The van der Waals surface area contributed by atoms with Crippen molar-refractivity contribution in [2.45, 2.75) is 45.7 Å². The molecule has 1 aromatic rings. The number of benzene rings is 1. The molecule has 0 bridgehead atoms. The highest BCUT2D eigenvalue weighted by Gasteiger charge is 2.31. The molecular formula is C16H19F3S. The number of alkyl halides is 3. The first-order valence-electron chi connectivity index (χ1n) is 6.38. The summed E-state index contributed by atoms with van der Waals surface area (Å²) >= 11 is 5.31. The van der Waals surface area contributed by atoms with Crippen molar-refractivity contribution in [1.29, 1.82) is 0 Å². The van der Waals surface area contributed by atoms with Crippen molar-refractivity contribution >= 4 is 17.1 Å². The second-order valence-electron chi connectivity index (χ2n) is 5.82. The SMILES string of the molecule is CC(C)=CC(=S)CC(C)(C)c1ccc(C(F)(F)F)cc1. The highest BCUT2D eigenvalue weighted by atomic mass is 32.1. The van der Waals surface area contributed by atoms with Gasteiger partial charge in [-0.25, -0.2) is 0 Å². The molecule has 0 amide bonds. The van der Waals surface area contributed by atoms with Crippen LogP contribution in [0.4, 0.5) is 13.2 Å². The topological polar surface area (TPSA) is 0 Å². The summed E-state index contributed by atoms with van der Waals surface area (Å²) in [5.74, 6) is 0. The van der Waals surface area contributed by atoms with Crippen molar-refractivity contribution in [3.05, 3.63) is 47.0 Å². The third kappa shape index (κ3) is 4.75. The van der Waals surface area contributed by atoms with E-state index >= 15 is 0 Å². The Morgan fingerprint density at radius 3 is 1.90 bits per heavy atom. The minimum absolute atomic E-state index is 0.285. The van der Waals surface area contributed by atoms with Gasteiger partial charge in [-0.3, -0.25) is 0 Å². The first kappa shape index (κ1) is 16.9. The fraction of sp³-hybridized carbons (Fsp3) is 0.438. The predicted octanol–water partition coefficient (Wildman–Crippen LogP) is 5.71. The van der Waals surface area contributed by atoms with Crippen LogP contribution in [0.1, 0.15) is 45.2 Å². The van der Waals surface area contributed by atoms with E-state index in [2.05, 4.69) is 0 Å². The molecule has 110 valence electrons. The lowest BCUT2D eigenvalue weighted by Crippen LogP contribution is -2.20. The summed E-state index contributed by atoms with van der Waals surface area (Å²) in [6.45, 7) is 7.91. The van der Waals surface area contributed by atoms with Crippen LogP contribution in [-0.4, -0.2) is 4.86 Å². The van der Waals surface area contributed by atoms with E-state index in [0.29, 0.717) is 6.42 Å². The van der Waals surface area contributed by atoms with E-state index in [-0.39, 0.29) is 5.41 Å².